The van der Waals surface area contributed by atoms with Crippen LogP contribution in [0.2, 0.25) is 0 Å². The van der Waals surface area contributed by atoms with Crippen molar-refractivity contribution in [2.75, 3.05) is 12.3 Å². The minimum Gasteiger partial charge on any atom is -0.399 e. The molecule has 0 bridgehead atoms. The number of likely N-dealkylation sites (tertiary alicyclic amines) is 1. The number of carbonyl (C=O) groups excluding carboxylic acids is 1. The average Bonchev–Trinajstić information content (AvgIpc) is 2.91. The number of rotatable bonds is 2. The molecule has 3 nitrogen and oxygen atoms in total. The van der Waals surface area contributed by atoms with Crippen LogP contribution in [0.4, 0.5) is 10.1 Å². The number of hydrogen-bond donors (Lipinski definition) is 1. The van der Waals surface area contributed by atoms with Crippen LogP contribution in [0.25, 0.3) is 0 Å². The van der Waals surface area contributed by atoms with Crippen LogP contribution in [-0.4, -0.2) is 17.4 Å². The van der Waals surface area contributed by atoms with Gasteiger partial charge in [-0.1, -0.05) is 25.1 Å². The van der Waals surface area contributed by atoms with E-state index in [9.17, 15) is 9.18 Å². The van der Waals surface area contributed by atoms with Crippen LogP contribution in [0.5, 0.6) is 0 Å². The molecular weight excluding hydrogens is 327 g/mol. The quantitative estimate of drug-likeness (QED) is 0.819. The van der Waals surface area contributed by atoms with Crippen molar-refractivity contribution in [2.45, 2.75) is 26.3 Å². The molecule has 1 amide bonds. The summed E-state index contributed by atoms with van der Waals surface area (Å²) in [5.41, 5.74) is 8.79. The lowest BCUT2D eigenvalue weighted by Gasteiger charge is -2.26. The number of amides is 1. The van der Waals surface area contributed by atoms with Crippen molar-refractivity contribution in [1.29, 1.82) is 0 Å². The Labute approximate surface area is 148 Å². The second-order valence-electron chi connectivity index (χ2n) is 6.44. The number of nitrogens with zero attached hydrogens (tertiary/aromatic N) is 1. The second-order valence-corrected chi connectivity index (χ2v) is 6.44. The molecule has 0 spiro atoms. The first-order valence-corrected chi connectivity index (χ1v) is 7.88. The van der Waals surface area contributed by atoms with E-state index < -0.39 is 0 Å². The second kappa shape index (κ2) is 7.22. The van der Waals surface area contributed by atoms with E-state index in [0.29, 0.717) is 23.7 Å². The van der Waals surface area contributed by atoms with Gasteiger partial charge in [0.05, 0.1) is 6.04 Å². The molecule has 2 aromatic carbocycles. The fourth-order valence-corrected chi connectivity index (χ4v) is 3.33. The summed E-state index contributed by atoms with van der Waals surface area (Å²) in [7, 11) is 0. The zero-order valence-corrected chi connectivity index (χ0v) is 14.6. The van der Waals surface area contributed by atoms with Gasteiger partial charge in [0.15, 0.2) is 0 Å². The number of nitrogen functional groups attached to an aromatic ring is 1. The standard InChI is InChI=1S/C19H21FN2O.ClH/c1-12-8-18(14-4-3-5-15(20)9-14)22(11-12)19(23)17-10-16(21)7-6-13(17)2;/h3-7,9-10,12,18H,8,11,21H2,1-2H3;1H. The van der Waals surface area contributed by atoms with Gasteiger partial charge in [0.2, 0.25) is 0 Å². The predicted octanol–water partition coefficient (Wildman–Crippen LogP) is 4.36. The molecule has 2 unspecified atom stereocenters. The average molecular weight is 349 g/mol. The van der Waals surface area contributed by atoms with Gasteiger partial charge in [-0.25, -0.2) is 4.39 Å². The molecule has 2 N–H and O–H groups in total. The number of carbonyl (C=O) groups is 1. The number of nitrogens with two attached hydrogens (primary N) is 1. The highest BCUT2D eigenvalue weighted by atomic mass is 35.5. The van der Waals surface area contributed by atoms with Crippen LogP contribution >= 0.6 is 12.4 Å². The predicted molar refractivity (Wildman–Crippen MR) is 96.8 cm³/mol. The van der Waals surface area contributed by atoms with Gasteiger partial charge in [0.25, 0.3) is 5.91 Å². The normalized spacial score (nSPS) is 19.9. The molecule has 1 aliphatic rings. The van der Waals surface area contributed by atoms with E-state index in [1.54, 1.807) is 18.2 Å². The van der Waals surface area contributed by atoms with E-state index in [1.807, 2.05) is 24.0 Å². The van der Waals surface area contributed by atoms with Crippen LogP contribution < -0.4 is 5.73 Å². The van der Waals surface area contributed by atoms with Gasteiger partial charge in [0.1, 0.15) is 5.82 Å². The third kappa shape index (κ3) is 3.54. The Kier molecular flexibility index (Phi) is 5.50. The Balaban J connectivity index is 0.00000208. The van der Waals surface area contributed by atoms with E-state index in [4.69, 9.17) is 5.73 Å². The lowest BCUT2D eigenvalue weighted by molar-refractivity contribution is 0.0731. The van der Waals surface area contributed by atoms with E-state index in [2.05, 4.69) is 6.92 Å². The Hall–Kier alpha value is -2.07. The summed E-state index contributed by atoms with van der Waals surface area (Å²) in [6.45, 7) is 4.70. The number of hydrogen-bond acceptors (Lipinski definition) is 2. The summed E-state index contributed by atoms with van der Waals surface area (Å²) in [4.78, 5) is 14.9. The molecule has 1 aliphatic heterocycles. The van der Waals surface area contributed by atoms with Crippen LogP contribution in [0.3, 0.4) is 0 Å². The lowest BCUT2D eigenvalue weighted by atomic mass is 10.00. The zero-order chi connectivity index (χ0) is 16.6. The van der Waals surface area contributed by atoms with Crippen LogP contribution in [0.1, 0.15) is 40.9 Å². The Morgan fingerprint density at radius 2 is 2.00 bits per heavy atom. The molecule has 24 heavy (non-hydrogen) atoms. The first kappa shape index (κ1) is 18.3. The summed E-state index contributed by atoms with van der Waals surface area (Å²) < 4.78 is 13.6. The summed E-state index contributed by atoms with van der Waals surface area (Å²) in [6.07, 6.45) is 0.844. The fourth-order valence-electron chi connectivity index (χ4n) is 3.33. The van der Waals surface area contributed by atoms with Crippen LogP contribution in [-0.2, 0) is 0 Å². The minimum absolute atomic E-state index is 0. The molecule has 128 valence electrons. The van der Waals surface area contributed by atoms with Crippen molar-refractivity contribution in [3.63, 3.8) is 0 Å². The third-order valence-corrected chi connectivity index (χ3v) is 4.50. The molecule has 5 heteroatoms. The summed E-state index contributed by atoms with van der Waals surface area (Å²) >= 11 is 0. The number of anilines is 1. The van der Waals surface area contributed by atoms with Gasteiger partial charge in [-0.3, -0.25) is 4.79 Å². The molecule has 0 saturated carbocycles. The zero-order valence-electron chi connectivity index (χ0n) is 13.8. The lowest BCUT2D eigenvalue weighted by Crippen LogP contribution is -2.31. The summed E-state index contributed by atoms with van der Waals surface area (Å²) in [5.74, 6) is 0.0802. The Morgan fingerprint density at radius 3 is 2.71 bits per heavy atom. The first-order valence-electron chi connectivity index (χ1n) is 7.88. The fraction of sp³-hybridized carbons (Fsp3) is 0.316. The van der Waals surface area contributed by atoms with Gasteiger partial charge in [0, 0.05) is 17.8 Å². The van der Waals surface area contributed by atoms with Gasteiger partial charge >= 0.3 is 0 Å². The monoisotopic (exact) mass is 348 g/mol. The molecular formula is C19H22ClFN2O. The summed E-state index contributed by atoms with van der Waals surface area (Å²) in [5, 5.41) is 0. The topological polar surface area (TPSA) is 46.3 Å². The third-order valence-electron chi connectivity index (χ3n) is 4.50. The van der Waals surface area contributed by atoms with E-state index in [-0.39, 0.29) is 30.2 Å². The van der Waals surface area contributed by atoms with Crippen molar-refractivity contribution in [2.24, 2.45) is 5.92 Å². The number of benzene rings is 2. The molecule has 2 atom stereocenters. The van der Waals surface area contributed by atoms with Crippen molar-refractivity contribution in [1.82, 2.24) is 4.90 Å². The van der Waals surface area contributed by atoms with E-state index >= 15 is 0 Å². The highest BCUT2D eigenvalue weighted by molar-refractivity contribution is 5.97. The molecule has 0 radical (unpaired) electrons. The van der Waals surface area contributed by atoms with Crippen LogP contribution in [0.15, 0.2) is 42.5 Å². The maximum absolute atomic E-state index is 13.6. The van der Waals surface area contributed by atoms with Gasteiger partial charge in [-0.15, -0.1) is 12.4 Å². The molecule has 1 heterocycles. The maximum Gasteiger partial charge on any atom is 0.254 e. The molecule has 1 fully saturated rings. The van der Waals surface area contributed by atoms with Crippen molar-refractivity contribution < 1.29 is 9.18 Å². The van der Waals surface area contributed by atoms with E-state index in [1.165, 1.54) is 12.1 Å². The first-order chi connectivity index (χ1) is 11.0. The minimum atomic E-state index is -0.269. The highest BCUT2D eigenvalue weighted by Crippen LogP contribution is 2.36. The number of aryl methyl sites for hydroxylation is 1. The van der Waals surface area contributed by atoms with Crippen LogP contribution in [0, 0.1) is 18.7 Å². The Bertz CT molecular complexity index is 750. The van der Waals surface area contributed by atoms with E-state index in [0.717, 1.165) is 17.5 Å². The maximum atomic E-state index is 13.6. The Morgan fingerprint density at radius 1 is 1.25 bits per heavy atom. The van der Waals surface area contributed by atoms with Gasteiger partial charge < -0.3 is 10.6 Å². The molecule has 2 aromatic rings. The van der Waals surface area contributed by atoms with Crippen molar-refractivity contribution in [3.05, 3.63) is 65.0 Å². The molecule has 0 aliphatic carbocycles. The largest absolute Gasteiger partial charge is 0.399 e. The van der Waals surface area contributed by atoms with Gasteiger partial charge in [-0.2, -0.15) is 0 Å². The molecule has 1 saturated heterocycles. The SMILES string of the molecule is Cc1ccc(N)cc1C(=O)N1CC(C)CC1c1cccc(F)c1.Cl. The summed E-state index contributed by atoms with van der Waals surface area (Å²) in [6, 6.07) is 11.8. The van der Waals surface area contributed by atoms with Crippen molar-refractivity contribution >= 4 is 24.0 Å². The molecule has 0 aromatic heterocycles. The number of halogens is 2. The smallest absolute Gasteiger partial charge is 0.254 e. The molecule has 3 rings (SSSR count). The highest BCUT2D eigenvalue weighted by Gasteiger charge is 2.35. The van der Waals surface area contributed by atoms with Crippen molar-refractivity contribution in [3.8, 4) is 0 Å². The van der Waals surface area contributed by atoms with Gasteiger partial charge in [-0.05, 0) is 54.7 Å².